The number of carbonyl (C=O) groups excluding carboxylic acids is 1. The number of benzene rings is 2. The van der Waals surface area contributed by atoms with E-state index < -0.39 is 16.1 Å². The van der Waals surface area contributed by atoms with Gasteiger partial charge in [-0.25, -0.2) is 13.4 Å². The Morgan fingerprint density at radius 1 is 1.09 bits per heavy atom. The van der Waals surface area contributed by atoms with Crippen molar-refractivity contribution in [1.82, 2.24) is 14.2 Å². The fourth-order valence-corrected chi connectivity index (χ4v) is 7.63. The first-order valence-corrected chi connectivity index (χ1v) is 14.1. The fraction of sp³-hybridized carbons (Fsp3) is 0.391. The van der Waals surface area contributed by atoms with Crippen LogP contribution in [-0.2, 0) is 19.6 Å². The van der Waals surface area contributed by atoms with E-state index in [0.717, 1.165) is 28.1 Å². The molecule has 1 amide bonds. The number of piperidine rings is 1. The summed E-state index contributed by atoms with van der Waals surface area (Å²) in [6.07, 6.45) is 0.772. The average molecular weight is 540 g/mol. The van der Waals surface area contributed by atoms with E-state index in [-0.39, 0.29) is 41.4 Å². The molecule has 2 aromatic carbocycles. The maximum Gasteiger partial charge on any atom is 0.253 e. The molecule has 2 aliphatic heterocycles. The Balaban J connectivity index is 1.23. The number of nitrogens with zero attached hydrogens (tertiary/aromatic N) is 3. The number of amides is 1. The molecule has 0 unspecified atom stereocenters. The summed E-state index contributed by atoms with van der Waals surface area (Å²) < 4.78 is 34.3. The molecule has 0 radical (unpaired) electrons. The monoisotopic (exact) mass is 539 g/mol. The Bertz CT molecular complexity index is 1320. The molecule has 0 bridgehead atoms. The smallest absolute Gasteiger partial charge is 0.253 e. The highest BCUT2D eigenvalue weighted by Gasteiger charge is 2.37. The van der Waals surface area contributed by atoms with Crippen molar-refractivity contribution in [2.45, 2.75) is 29.8 Å². The first kappa shape index (κ1) is 24.0. The van der Waals surface area contributed by atoms with Gasteiger partial charge in [-0.05, 0) is 43.2 Å². The number of hydrogen-bond donors (Lipinski definition) is 0. The third-order valence-electron chi connectivity index (χ3n) is 6.28. The molecule has 0 aliphatic carbocycles. The molecule has 0 N–H and O–H groups in total. The SMILES string of the molecule is O=C([C@H]1CN(S(=O)(=O)c2ccccc2Cl)CCO1)N1CCC(c2nc3cc(Cl)ccc3s2)CC1. The van der Waals surface area contributed by atoms with E-state index in [0.29, 0.717) is 18.1 Å². The van der Waals surface area contributed by atoms with Gasteiger partial charge < -0.3 is 9.64 Å². The van der Waals surface area contributed by atoms with Crippen molar-refractivity contribution in [2.24, 2.45) is 0 Å². The minimum atomic E-state index is -3.82. The van der Waals surface area contributed by atoms with Gasteiger partial charge in [-0.2, -0.15) is 4.31 Å². The summed E-state index contributed by atoms with van der Waals surface area (Å²) in [4.78, 5) is 19.7. The van der Waals surface area contributed by atoms with E-state index in [1.807, 2.05) is 18.2 Å². The number of halogens is 2. The molecule has 0 saturated carbocycles. The van der Waals surface area contributed by atoms with Crippen LogP contribution in [0.3, 0.4) is 0 Å². The van der Waals surface area contributed by atoms with Crippen LogP contribution in [0.25, 0.3) is 10.2 Å². The van der Waals surface area contributed by atoms with Crippen molar-refractivity contribution >= 4 is 60.7 Å². The topological polar surface area (TPSA) is 79.8 Å². The van der Waals surface area contributed by atoms with Gasteiger partial charge in [0.25, 0.3) is 5.91 Å². The molecule has 2 saturated heterocycles. The largest absolute Gasteiger partial charge is 0.366 e. The molecular formula is C23H23Cl2N3O4S2. The van der Waals surface area contributed by atoms with Crippen molar-refractivity contribution in [1.29, 1.82) is 0 Å². The number of thiazole rings is 1. The zero-order chi connectivity index (χ0) is 23.9. The number of aromatic nitrogens is 1. The van der Waals surface area contributed by atoms with Gasteiger partial charge in [-0.1, -0.05) is 35.3 Å². The number of rotatable bonds is 4. The molecule has 1 atom stereocenters. The van der Waals surface area contributed by atoms with Crippen molar-refractivity contribution in [2.75, 3.05) is 32.8 Å². The van der Waals surface area contributed by atoms with Crippen LogP contribution in [0.4, 0.5) is 0 Å². The summed E-state index contributed by atoms with van der Waals surface area (Å²) in [6, 6.07) is 12.1. The molecule has 0 spiro atoms. The third kappa shape index (κ3) is 4.69. The van der Waals surface area contributed by atoms with E-state index >= 15 is 0 Å². The lowest BCUT2D eigenvalue weighted by Gasteiger charge is -2.37. The third-order valence-corrected chi connectivity index (χ3v) is 10.1. The van der Waals surface area contributed by atoms with Gasteiger partial charge in [0.1, 0.15) is 11.0 Å². The summed E-state index contributed by atoms with van der Waals surface area (Å²) >= 11 is 13.9. The van der Waals surface area contributed by atoms with Crippen molar-refractivity contribution in [3.8, 4) is 0 Å². The zero-order valence-corrected chi connectivity index (χ0v) is 21.3. The average Bonchev–Trinajstić information content (AvgIpc) is 3.27. The summed E-state index contributed by atoms with van der Waals surface area (Å²) in [5.41, 5.74) is 0.904. The van der Waals surface area contributed by atoms with Crippen LogP contribution in [0.5, 0.6) is 0 Å². The minimum absolute atomic E-state index is 0.0229. The van der Waals surface area contributed by atoms with Gasteiger partial charge in [-0.3, -0.25) is 4.79 Å². The number of sulfonamides is 1. The lowest BCUT2D eigenvalue weighted by Crippen LogP contribution is -2.53. The Kier molecular flexibility index (Phi) is 6.85. The number of carbonyl (C=O) groups is 1. The van der Waals surface area contributed by atoms with Gasteiger partial charge in [0.05, 0.1) is 26.9 Å². The second-order valence-electron chi connectivity index (χ2n) is 8.42. The molecule has 2 aliphatic rings. The van der Waals surface area contributed by atoms with E-state index in [9.17, 15) is 13.2 Å². The summed E-state index contributed by atoms with van der Waals surface area (Å²) in [6.45, 7) is 1.48. The molecular weight excluding hydrogens is 517 g/mol. The number of ether oxygens (including phenoxy) is 1. The minimum Gasteiger partial charge on any atom is -0.366 e. The van der Waals surface area contributed by atoms with Gasteiger partial charge >= 0.3 is 0 Å². The van der Waals surface area contributed by atoms with Gasteiger partial charge in [0, 0.05) is 37.1 Å². The quantitative estimate of drug-likeness (QED) is 0.490. The van der Waals surface area contributed by atoms with Gasteiger partial charge in [0.15, 0.2) is 0 Å². The Hall–Kier alpha value is -1.75. The molecule has 11 heteroatoms. The van der Waals surface area contributed by atoms with E-state index in [2.05, 4.69) is 0 Å². The molecule has 34 heavy (non-hydrogen) atoms. The maximum atomic E-state index is 13.2. The van der Waals surface area contributed by atoms with Crippen LogP contribution >= 0.6 is 34.5 Å². The first-order valence-electron chi connectivity index (χ1n) is 11.0. The van der Waals surface area contributed by atoms with Crippen molar-refractivity contribution < 1.29 is 17.9 Å². The highest BCUT2D eigenvalue weighted by atomic mass is 35.5. The lowest BCUT2D eigenvalue weighted by molar-refractivity contribution is -0.148. The Morgan fingerprint density at radius 2 is 1.85 bits per heavy atom. The van der Waals surface area contributed by atoms with Crippen LogP contribution in [0.2, 0.25) is 10.0 Å². The Labute approximate surface area is 212 Å². The summed E-state index contributed by atoms with van der Waals surface area (Å²) in [5, 5.41) is 1.90. The predicted molar refractivity (Wildman–Crippen MR) is 133 cm³/mol. The van der Waals surface area contributed by atoms with Gasteiger partial charge in [0.2, 0.25) is 10.0 Å². The number of hydrogen-bond acceptors (Lipinski definition) is 6. The molecule has 5 rings (SSSR count). The second-order valence-corrected chi connectivity index (χ2v) is 12.2. The van der Waals surface area contributed by atoms with Gasteiger partial charge in [-0.15, -0.1) is 11.3 Å². The maximum absolute atomic E-state index is 13.2. The van der Waals surface area contributed by atoms with Crippen LogP contribution in [0, 0.1) is 0 Å². The van der Waals surface area contributed by atoms with Crippen LogP contribution in [0.1, 0.15) is 23.8 Å². The highest BCUT2D eigenvalue weighted by Crippen LogP contribution is 2.35. The highest BCUT2D eigenvalue weighted by molar-refractivity contribution is 7.89. The molecule has 7 nitrogen and oxygen atoms in total. The number of fused-ring (bicyclic) bond motifs is 1. The van der Waals surface area contributed by atoms with E-state index in [4.69, 9.17) is 32.9 Å². The van der Waals surface area contributed by atoms with E-state index in [1.165, 1.54) is 10.4 Å². The molecule has 3 aromatic rings. The van der Waals surface area contributed by atoms with Crippen LogP contribution in [-0.4, -0.2) is 67.4 Å². The van der Waals surface area contributed by atoms with Crippen molar-refractivity contribution in [3.05, 3.63) is 57.5 Å². The fourth-order valence-electron chi connectivity index (χ4n) is 4.43. The second kappa shape index (κ2) is 9.72. The molecule has 180 valence electrons. The standard InChI is InChI=1S/C23H23Cl2N3O4S2/c24-16-5-6-20-18(13-16)26-22(33-20)15-7-9-27(10-8-15)23(29)19-14-28(11-12-32-19)34(30,31)21-4-2-1-3-17(21)25/h1-6,13,15,19H,7-12,14H2/t19-/m1/s1. The molecule has 3 heterocycles. The van der Waals surface area contributed by atoms with Crippen molar-refractivity contribution in [3.63, 3.8) is 0 Å². The summed E-state index contributed by atoms with van der Waals surface area (Å²) in [7, 11) is -3.82. The number of morpholine rings is 1. The first-order chi connectivity index (χ1) is 16.3. The van der Waals surface area contributed by atoms with Crippen LogP contribution in [0.15, 0.2) is 47.4 Å². The van der Waals surface area contributed by atoms with E-state index in [1.54, 1.807) is 34.4 Å². The molecule has 2 fully saturated rings. The summed E-state index contributed by atoms with van der Waals surface area (Å²) in [5.74, 6) is 0.109. The molecule has 1 aromatic heterocycles. The number of likely N-dealkylation sites (tertiary alicyclic amines) is 1. The normalized spacial score (nSPS) is 20.6. The Morgan fingerprint density at radius 3 is 2.62 bits per heavy atom. The lowest BCUT2D eigenvalue weighted by atomic mass is 9.97. The van der Waals surface area contributed by atoms with Crippen LogP contribution < -0.4 is 0 Å². The predicted octanol–water partition coefficient (Wildman–Crippen LogP) is 4.40. The zero-order valence-electron chi connectivity index (χ0n) is 18.2.